The van der Waals surface area contributed by atoms with Crippen LogP contribution in [-0.2, 0) is 26.2 Å². The molecule has 16 nitrogen and oxygen atoms in total. The Morgan fingerprint density at radius 2 is 0.870 bits per heavy atom. The van der Waals surface area contributed by atoms with Crippen LogP contribution < -0.4 is 41.4 Å². The second-order valence-electron chi connectivity index (χ2n) is 13.1. The maximum Gasteiger partial charge on any atom is 0.332 e. The van der Waals surface area contributed by atoms with Gasteiger partial charge in [0.2, 0.25) is 0 Å². The fourth-order valence-electron chi connectivity index (χ4n) is 8.19. The number of nitrogens with one attached hydrogen (secondary N) is 2. The van der Waals surface area contributed by atoms with Crippen LogP contribution in [0.25, 0.3) is 22.3 Å². The van der Waals surface area contributed by atoms with E-state index >= 15 is 0 Å². The molecule has 1 aliphatic rings. The molecule has 7 rings (SSSR count). The first-order chi connectivity index (χ1) is 26.1. The van der Waals surface area contributed by atoms with E-state index in [1.807, 2.05) is 50.2 Å². The first-order valence-corrected chi connectivity index (χ1v) is 18.0. The smallest absolute Gasteiger partial charge is 0.332 e. The number of ether oxygens (including phenoxy) is 4. The summed E-state index contributed by atoms with van der Waals surface area (Å²) in [5.74, 6) is 1.40. The van der Waals surface area contributed by atoms with E-state index in [-0.39, 0.29) is 35.4 Å². The molecule has 0 aliphatic heterocycles. The fourth-order valence-corrected chi connectivity index (χ4v) is 8.19. The minimum Gasteiger partial charge on any atom is -0.493 e. The third kappa shape index (κ3) is 5.33. The Morgan fingerprint density at radius 1 is 0.519 bits per heavy atom. The van der Waals surface area contributed by atoms with E-state index in [9.17, 15) is 19.2 Å². The molecule has 16 heteroatoms. The molecular formula is C38H44N8O8. The number of hydrogen-bond donors (Lipinski definition) is 2. The van der Waals surface area contributed by atoms with Crippen molar-refractivity contribution < 1.29 is 18.9 Å². The maximum absolute atomic E-state index is 13.7. The SMILES string of the molecule is CCn1c(=O)c2[nH]c(C3C(c4ccc(OC)c(OC)c4)C(c4nc5c([nH]4)c(=O)n(CC)c(=O)n5CC)C3c3ccc(OC)c(OC)c3)nc2n(CC)c1=O. The third-order valence-corrected chi connectivity index (χ3v) is 10.8. The number of rotatable bonds is 12. The second kappa shape index (κ2) is 14.1. The Kier molecular flexibility index (Phi) is 9.45. The zero-order chi connectivity index (χ0) is 38.6. The highest BCUT2D eigenvalue weighted by Gasteiger charge is 2.56. The molecular weight excluding hydrogens is 696 g/mol. The number of aromatic nitrogens is 8. The number of aryl methyl sites for hydroxylation is 2. The van der Waals surface area contributed by atoms with Gasteiger partial charge < -0.3 is 28.9 Å². The molecule has 0 unspecified atom stereocenters. The molecule has 0 atom stereocenters. The van der Waals surface area contributed by atoms with Crippen LogP contribution in [0.3, 0.4) is 0 Å². The lowest BCUT2D eigenvalue weighted by atomic mass is 9.52. The zero-order valence-corrected chi connectivity index (χ0v) is 31.6. The van der Waals surface area contributed by atoms with Crippen molar-refractivity contribution in [3.63, 3.8) is 0 Å². The van der Waals surface area contributed by atoms with Crippen molar-refractivity contribution >= 4 is 22.3 Å². The summed E-state index contributed by atoms with van der Waals surface area (Å²) in [6, 6.07) is 11.3. The van der Waals surface area contributed by atoms with Gasteiger partial charge in [0, 0.05) is 49.9 Å². The highest BCUT2D eigenvalue weighted by atomic mass is 16.5. The molecule has 0 amide bonds. The predicted molar refractivity (Wildman–Crippen MR) is 202 cm³/mol. The van der Waals surface area contributed by atoms with Crippen molar-refractivity contribution in [2.75, 3.05) is 28.4 Å². The summed E-state index contributed by atoms with van der Waals surface area (Å²) < 4.78 is 28.0. The van der Waals surface area contributed by atoms with Gasteiger partial charge in [-0.3, -0.25) is 27.9 Å². The lowest BCUT2D eigenvalue weighted by molar-refractivity contribution is 0.212. The molecule has 0 saturated heterocycles. The minimum absolute atomic E-state index is 0.199. The van der Waals surface area contributed by atoms with Gasteiger partial charge in [0.05, 0.1) is 28.4 Å². The average molecular weight is 741 g/mol. The molecule has 0 bridgehead atoms. The monoisotopic (exact) mass is 740 g/mol. The number of hydrogen-bond acceptors (Lipinski definition) is 10. The van der Waals surface area contributed by atoms with Crippen molar-refractivity contribution in [3.05, 3.63) is 101 Å². The molecule has 1 saturated carbocycles. The Hall–Kier alpha value is -6.06. The number of nitrogens with zero attached hydrogens (tertiary/aromatic N) is 6. The minimum atomic E-state index is -0.454. The number of aromatic amines is 2. The number of fused-ring (bicyclic) bond motifs is 2. The summed E-state index contributed by atoms with van der Waals surface area (Å²) >= 11 is 0. The van der Waals surface area contributed by atoms with Crippen molar-refractivity contribution in [2.45, 2.75) is 77.5 Å². The van der Waals surface area contributed by atoms with Gasteiger partial charge in [-0.25, -0.2) is 19.6 Å². The second-order valence-corrected chi connectivity index (χ2v) is 13.1. The van der Waals surface area contributed by atoms with Crippen molar-refractivity contribution in [3.8, 4) is 23.0 Å². The topological polar surface area (TPSA) is 182 Å². The maximum atomic E-state index is 13.7. The molecule has 0 radical (unpaired) electrons. The van der Waals surface area contributed by atoms with Gasteiger partial charge in [0.1, 0.15) is 22.7 Å². The van der Waals surface area contributed by atoms with E-state index in [2.05, 4.69) is 9.97 Å². The Bertz CT molecular complexity index is 2460. The quantitative estimate of drug-likeness (QED) is 0.188. The van der Waals surface area contributed by atoms with Crippen LogP contribution in [0.5, 0.6) is 23.0 Å². The number of imidazole rings is 2. The predicted octanol–water partition coefficient (Wildman–Crippen LogP) is 3.65. The fraction of sp³-hybridized carbons (Fsp3) is 0.421. The van der Waals surface area contributed by atoms with E-state index < -0.39 is 46.2 Å². The third-order valence-electron chi connectivity index (χ3n) is 10.8. The van der Waals surface area contributed by atoms with Crippen LogP contribution in [0, 0.1) is 0 Å². The van der Waals surface area contributed by atoms with Gasteiger partial charge in [0.25, 0.3) is 11.1 Å². The number of methoxy groups -OCH3 is 4. The average Bonchev–Trinajstić information content (AvgIpc) is 3.80. The van der Waals surface area contributed by atoms with Gasteiger partial charge in [0.15, 0.2) is 34.3 Å². The van der Waals surface area contributed by atoms with Gasteiger partial charge in [-0.05, 0) is 63.1 Å². The van der Waals surface area contributed by atoms with E-state index in [4.69, 9.17) is 28.9 Å². The molecule has 54 heavy (non-hydrogen) atoms. The lowest BCUT2D eigenvalue weighted by Crippen LogP contribution is -2.41. The molecule has 1 aliphatic carbocycles. The van der Waals surface area contributed by atoms with E-state index in [1.54, 1.807) is 42.3 Å². The van der Waals surface area contributed by atoms with E-state index in [0.717, 1.165) is 11.1 Å². The van der Waals surface area contributed by atoms with Gasteiger partial charge >= 0.3 is 11.4 Å². The molecule has 4 heterocycles. The van der Waals surface area contributed by atoms with E-state index in [0.29, 0.717) is 47.7 Å². The standard InChI is InChI=1S/C38H44N8O8/c1-9-43-33-29(35(47)45(11-3)37(43)49)39-31(41-33)27-25(19-13-15-21(51-5)23(17-19)53-7)28(26(27)20-14-16-22(52-6)24(18-20)54-8)32-40-30-34(42-32)44(10-2)38(50)46(12-4)36(30)48/h13-18,25-28H,9-12H2,1-8H3,(H,39,41)(H,40,42). The Morgan fingerprint density at radius 3 is 1.19 bits per heavy atom. The highest BCUT2D eigenvalue weighted by molar-refractivity contribution is 5.72. The first kappa shape index (κ1) is 36.3. The summed E-state index contributed by atoms with van der Waals surface area (Å²) in [5, 5.41) is 0. The van der Waals surface area contributed by atoms with Crippen LogP contribution >= 0.6 is 0 Å². The normalized spacial score (nSPS) is 18.2. The van der Waals surface area contributed by atoms with E-state index in [1.165, 1.54) is 18.3 Å². The largest absolute Gasteiger partial charge is 0.493 e. The first-order valence-electron chi connectivity index (χ1n) is 18.0. The summed E-state index contributed by atoms with van der Waals surface area (Å²) in [6.45, 7) is 8.18. The summed E-state index contributed by atoms with van der Waals surface area (Å²) in [6.07, 6.45) is 0. The van der Waals surface area contributed by atoms with Gasteiger partial charge in [-0.2, -0.15) is 0 Å². The molecule has 4 aromatic heterocycles. The van der Waals surface area contributed by atoms with Crippen LogP contribution in [0.15, 0.2) is 55.6 Å². The van der Waals surface area contributed by atoms with Crippen molar-refractivity contribution in [1.29, 1.82) is 0 Å². The van der Waals surface area contributed by atoms with Crippen molar-refractivity contribution in [1.82, 2.24) is 38.2 Å². The molecule has 0 spiro atoms. The molecule has 2 aromatic carbocycles. The van der Waals surface area contributed by atoms with Gasteiger partial charge in [-0.1, -0.05) is 12.1 Å². The molecule has 2 N–H and O–H groups in total. The number of benzene rings is 2. The lowest BCUT2D eigenvalue weighted by Gasteiger charge is -2.51. The van der Waals surface area contributed by atoms with Crippen molar-refractivity contribution in [2.24, 2.45) is 0 Å². The zero-order valence-electron chi connectivity index (χ0n) is 31.6. The summed E-state index contributed by atoms with van der Waals surface area (Å²) in [5.41, 5.74) is 0.903. The van der Waals surface area contributed by atoms with Crippen LogP contribution in [0.1, 0.15) is 74.1 Å². The highest BCUT2D eigenvalue weighted by Crippen LogP contribution is 2.66. The Labute approximate surface area is 308 Å². The van der Waals surface area contributed by atoms with Crippen LogP contribution in [0.2, 0.25) is 0 Å². The van der Waals surface area contributed by atoms with Crippen LogP contribution in [-0.4, -0.2) is 66.6 Å². The Balaban J connectivity index is 1.55. The molecule has 284 valence electrons. The molecule has 1 fully saturated rings. The van der Waals surface area contributed by atoms with Crippen LogP contribution in [0.4, 0.5) is 0 Å². The van der Waals surface area contributed by atoms with Gasteiger partial charge in [-0.15, -0.1) is 0 Å². The summed E-state index contributed by atoms with van der Waals surface area (Å²) in [4.78, 5) is 70.9. The molecule has 6 aromatic rings. The summed E-state index contributed by atoms with van der Waals surface area (Å²) in [7, 11) is 6.26. The number of H-pyrrole nitrogens is 2.